The Hall–Kier alpha value is -7.84. The number of hydrogen-bond acceptors (Lipinski definition) is 8. The molecule has 0 fully saturated rings. The quantitative estimate of drug-likeness (QED) is 0.0311. The van der Waals surface area contributed by atoms with Gasteiger partial charge in [0.25, 0.3) is 0 Å². The van der Waals surface area contributed by atoms with Gasteiger partial charge in [0.15, 0.2) is 0 Å². The summed E-state index contributed by atoms with van der Waals surface area (Å²) < 4.78 is 27.7. The van der Waals surface area contributed by atoms with Gasteiger partial charge in [0.05, 0.1) is 28.4 Å². The van der Waals surface area contributed by atoms with Crippen LogP contribution < -0.4 is 40.2 Å². The third-order valence-electron chi connectivity index (χ3n) is 20.4. The fourth-order valence-electron chi connectivity index (χ4n) is 15.2. The summed E-state index contributed by atoms with van der Waals surface area (Å²) in [6.07, 6.45) is 16.5. The normalized spacial score (nSPS) is 15.3. The highest BCUT2D eigenvalue weighted by Crippen LogP contribution is 2.54. The molecule has 8 bridgehead atoms. The number of benzene rings is 8. The summed E-state index contributed by atoms with van der Waals surface area (Å²) in [5, 5.41) is 16.7. The third kappa shape index (κ3) is 16.9. The maximum Gasteiger partial charge on any atom is 0.124 e. The summed E-state index contributed by atoms with van der Waals surface area (Å²) >= 11 is 0. The van der Waals surface area contributed by atoms with Gasteiger partial charge >= 0.3 is 0 Å². The molecular formula is C88H116N4O4. The summed E-state index contributed by atoms with van der Waals surface area (Å²) in [6, 6.07) is 55.2. The van der Waals surface area contributed by atoms with Crippen LogP contribution in [0.1, 0.15) is 300 Å². The van der Waals surface area contributed by atoms with Gasteiger partial charge in [0.2, 0.25) is 0 Å². The van der Waals surface area contributed by atoms with Crippen LogP contribution in [0.4, 0.5) is 45.5 Å². The molecule has 8 aromatic rings. The van der Waals surface area contributed by atoms with Gasteiger partial charge in [0, 0.05) is 116 Å². The van der Waals surface area contributed by atoms with Crippen molar-refractivity contribution < 1.29 is 18.9 Å². The third-order valence-corrected chi connectivity index (χ3v) is 20.4. The van der Waals surface area contributed by atoms with Crippen molar-refractivity contribution in [3.63, 3.8) is 0 Å². The summed E-state index contributed by atoms with van der Waals surface area (Å²) in [5.74, 6) is 4.15. The van der Waals surface area contributed by atoms with Crippen molar-refractivity contribution in [3.05, 3.63) is 212 Å². The molecule has 0 unspecified atom stereocenters. The van der Waals surface area contributed by atoms with Crippen molar-refractivity contribution in [2.45, 2.75) is 233 Å². The second-order valence-electron chi connectivity index (χ2n) is 28.4. The maximum atomic E-state index is 6.93. The standard InChI is InChI=1S/C88H116N4O4/c1-17-21-25-41-65-69-49-74(86(94-14)53-81(69)89-77-45-33-29-37-61(77)57(5)6)67(43-27-23-19-3)71-51-76(88(96-16)55-83(71)91-79-47-35-31-39-63(79)59(9)10)68(44-28-24-20-4)72-52-75(87(95-15)56-84(72)92-80-48-36-32-40-64(80)60(11)12)66(42-26-22-18-2)70-50-73(65)85(93-13)54-82(70)90-78-46-34-30-38-62(78)58(7)8/h29-40,45-60,65-68,89-92H,17-28,41-44H2,1-16H3/t65-,66-,67-,68-/m0/s1. The number of methoxy groups -OCH3 is 4. The number of para-hydroxylation sites is 4. The van der Waals surface area contributed by atoms with Crippen molar-refractivity contribution in [3.8, 4) is 23.0 Å². The summed E-state index contributed by atoms with van der Waals surface area (Å²) in [6.45, 7) is 27.7. The van der Waals surface area contributed by atoms with E-state index in [1.807, 2.05) is 28.4 Å². The second-order valence-corrected chi connectivity index (χ2v) is 28.4. The Kier molecular flexibility index (Phi) is 26.3. The molecule has 9 rings (SSSR count). The van der Waals surface area contributed by atoms with Crippen molar-refractivity contribution in [2.75, 3.05) is 49.7 Å². The predicted molar refractivity (Wildman–Crippen MR) is 411 cm³/mol. The fraction of sp³-hybridized carbons (Fsp3) is 0.455. The van der Waals surface area contributed by atoms with Crippen LogP contribution in [0.3, 0.4) is 0 Å². The van der Waals surface area contributed by atoms with Crippen LogP contribution >= 0.6 is 0 Å². The molecule has 0 saturated heterocycles. The lowest BCUT2D eigenvalue weighted by Crippen LogP contribution is -2.16. The molecule has 8 aromatic carbocycles. The van der Waals surface area contributed by atoms with Gasteiger partial charge in [-0.2, -0.15) is 0 Å². The van der Waals surface area contributed by atoms with Gasteiger partial charge in [-0.3, -0.25) is 0 Å². The molecule has 0 aromatic heterocycles. The van der Waals surface area contributed by atoms with E-state index in [9.17, 15) is 0 Å². The molecule has 8 heteroatoms. The molecule has 0 amide bonds. The molecule has 0 heterocycles. The predicted octanol–water partition coefficient (Wildman–Crippen LogP) is 26.4. The van der Waals surface area contributed by atoms with E-state index in [1.165, 1.54) is 66.8 Å². The van der Waals surface area contributed by atoms with Crippen LogP contribution in [0.25, 0.3) is 0 Å². The minimum absolute atomic E-state index is 0.115. The summed E-state index contributed by atoms with van der Waals surface area (Å²) in [7, 11) is 7.52. The summed E-state index contributed by atoms with van der Waals surface area (Å²) in [4.78, 5) is 0. The van der Waals surface area contributed by atoms with Crippen LogP contribution in [0.15, 0.2) is 146 Å². The second kappa shape index (κ2) is 34.9. The first-order chi connectivity index (χ1) is 46.6. The number of hydrogen-bond donors (Lipinski definition) is 4. The first-order valence-corrected chi connectivity index (χ1v) is 36.9. The maximum absolute atomic E-state index is 6.93. The zero-order valence-electron chi connectivity index (χ0n) is 61.4. The smallest absolute Gasteiger partial charge is 0.124 e. The van der Waals surface area contributed by atoms with Crippen LogP contribution in [0, 0.1) is 0 Å². The molecule has 0 spiro atoms. The Bertz CT molecular complexity index is 3310. The van der Waals surface area contributed by atoms with E-state index in [-0.39, 0.29) is 47.3 Å². The molecule has 4 N–H and O–H groups in total. The van der Waals surface area contributed by atoms with Crippen LogP contribution in [0.2, 0.25) is 0 Å². The lowest BCUT2D eigenvalue weighted by molar-refractivity contribution is 0.402. The Morgan fingerprint density at radius 2 is 0.458 bits per heavy atom. The van der Waals surface area contributed by atoms with Gasteiger partial charge in [0.1, 0.15) is 23.0 Å². The van der Waals surface area contributed by atoms with E-state index < -0.39 is 0 Å². The molecule has 1 aliphatic rings. The molecule has 512 valence electrons. The average molecular weight is 1290 g/mol. The largest absolute Gasteiger partial charge is 0.496 e. The van der Waals surface area contributed by atoms with E-state index in [4.69, 9.17) is 18.9 Å². The molecule has 4 atom stereocenters. The highest BCUT2D eigenvalue weighted by Gasteiger charge is 2.35. The Morgan fingerprint density at radius 3 is 0.635 bits per heavy atom. The SMILES string of the molecule is CCCCC[C@H]1c2cc(c(OC)cc2Nc2ccccc2C(C)C)[C@@H](CCCCC)c2cc(c(OC)cc2Nc2ccccc2C(C)C)[C@@H](CCCCC)c2cc(c(OC)cc2Nc2ccccc2C(C)C)[C@@H](CCCCC)c2cc1c(OC)cc2Nc1ccccc1C(C)C. The number of fused-ring (bicyclic) bond motifs is 8. The van der Waals surface area contributed by atoms with Crippen molar-refractivity contribution in [2.24, 2.45) is 0 Å². The zero-order valence-corrected chi connectivity index (χ0v) is 61.4. The van der Waals surface area contributed by atoms with Crippen LogP contribution in [0.5, 0.6) is 23.0 Å². The van der Waals surface area contributed by atoms with E-state index >= 15 is 0 Å². The molecular weight excluding hydrogens is 1180 g/mol. The van der Waals surface area contributed by atoms with Gasteiger partial charge in [-0.1, -0.05) is 233 Å². The van der Waals surface area contributed by atoms with E-state index in [0.29, 0.717) is 0 Å². The number of nitrogens with one attached hydrogen (secondary N) is 4. The highest BCUT2D eigenvalue weighted by atomic mass is 16.5. The number of ether oxygens (including phenoxy) is 4. The monoisotopic (exact) mass is 1290 g/mol. The minimum atomic E-state index is -0.115. The van der Waals surface area contributed by atoms with Crippen molar-refractivity contribution in [1.82, 2.24) is 0 Å². The summed E-state index contributed by atoms with van der Waals surface area (Å²) in [5.41, 5.74) is 23.3. The first-order valence-electron chi connectivity index (χ1n) is 36.9. The molecule has 8 nitrogen and oxygen atoms in total. The van der Waals surface area contributed by atoms with Crippen molar-refractivity contribution >= 4 is 45.5 Å². The lowest BCUT2D eigenvalue weighted by Gasteiger charge is -2.33. The van der Waals surface area contributed by atoms with Gasteiger partial charge < -0.3 is 40.2 Å². The van der Waals surface area contributed by atoms with Crippen LogP contribution in [-0.2, 0) is 0 Å². The topological polar surface area (TPSA) is 85.0 Å². The Labute approximate surface area is 579 Å². The number of rotatable bonds is 32. The van der Waals surface area contributed by atoms with E-state index in [2.05, 4.69) is 250 Å². The Balaban J connectivity index is 1.53. The highest BCUT2D eigenvalue weighted by molar-refractivity contribution is 5.79. The fourth-order valence-corrected chi connectivity index (χ4v) is 15.2. The number of unbranched alkanes of at least 4 members (excludes halogenated alkanes) is 8. The first kappa shape index (κ1) is 72.4. The molecule has 96 heavy (non-hydrogen) atoms. The lowest BCUT2D eigenvalue weighted by atomic mass is 9.75. The molecule has 0 radical (unpaired) electrons. The minimum Gasteiger partial charge on any atom is -0.496 e. The van der Waals surface area contributed by atoms with Crippen molar-refractivity contribution in [1.29, 1.82) is 0 Å². The van der Waals surface area contributed by atoms with Gasteiger partial charge in [-0.15, -0.1) is 0 Å². The van der Waals surface area contributed by atoms with Crippen LogP contribution in [-0.4, -0.2) is 28.4 Å². The van der Waals surface area contributed by atoms with E-state index in [0.717, 1.165) is 171 Å². The molecule has 0 aliphatic heterocycles. The number of anilines is 8. The average Bonchev–Trinajstić information content (AvgIpc) is 0.748. The Morgan fingerprint density at radius 1 is 0.260 bits per heavy atom. The van der Waals surface area contributed by atoms with E-state index in [1.54, 1.807) is 0 Å². The molecule has 1 aliphatic carbocycles. The molecule has 0 saturated carbocycles. The van der Waals surface area contributed by atoms with Gasteiger partial charge in [-0.25, -0.2) is 0 Å². The van der Waals surface area contributed by atoms with Gasteiger partial charge in [-0.05, 0) is 142 Å². The zero-order chi connectivity index (χ0) is 68.4.